The maximum absolute atomic E-state index is 14.3. The van der Waals surface area contributed by atoms with Crippen molar-refractivity contribution in [3.63, 3.8) is 0 Å². The number of halogens is 1. The van der Waals surface area contributed by atoms with Gasteiger partial charge in [0.2, 0.25) is 10.0 Å². The maximum Gasteiger partial charge on any atom is 0.260 e. The molecule has 1 aliphatic heterocycles. The molecular formula is C19H17FN4O4S2. The van der Waals surface area contributed by atoms with Gasteiger partial charge in [-0.15, -0.1) is 11.3 Å². The van der Waals surface area contributed by atoms with Crippen LogP contribution in [0.4, 0.5) is 9.52 Å². The van der Waals surface area contributed by atoms with E-state index in [9.17, 15) is 17.6 Å². The quantitative estimate of drug-likeness (QED) is 0.644. The van der Waals surface area contributed by atoms with Gasteiger partial charge in [0, 0.05) is 24.7 Å². The van der Waals surface area contributed by atoms with E-state index in [0.717, 1.165) is 29.5 Å². The molecule has 1 aromatic carbocycles. The van der Waals surface area contributed by atoms with Crippen LogP contribution in [0.25, 0.3) is 11.4 Å². The molecule has 1 aliphatic rings. The standard InChI is InChI=1S/C19H17FN4O4S2/c20-15-5-4-13(30(26,27)24-7-9-28-10-8-24)11-14(15)18(25)23-19-22-17(12-29-19)16-3-1-2-6-21-16/h1-6,11-12H,7-10H2,(H,22,23,25). The first kappa shape index (κ1) is 20.5. The lowest BCUT2D eigenvalue weighted by atomic mass is 10.2. The first-order chi connectivity index (χ1) is 14.4. The van der Waals surface area contributed by atoms with Gasteiger partial charge in [-0.3, -0.25) is 15.1 Å². The van der Waals surface area contributed by atoms with Crippen LogP contribution in [0.3, 0.4) is 0 Å². The number of rotatable bonds is 5. The number of anilines is 1. The minimum atomic E-state index is -3.85. The molecule has 0 saturated carbocycles. The number of thiazole rings is 1. The van der Waals surface area contributed by atoms with Crippen LogP contribution in [0.5, 0.6) is 0 Å². The number of carbonyl (C=O) groups excluding carboxylic acids is 1. The largest absolute Gasteiger partial charge is 0.379 e. The fourth-order valence-corrected chi connectivity index (χ4v) is 5.04. The zero-order chi connectivity index (χ0) is 21.1. The summed E-state index contributed by atoms with van der Waals surface area (Å²) in [6.07, 6.45) is 1.63. The van der Waals surface area contributed by atoms with Gasteiger partial charge < -0.3 is 4.74 Å². The van der Waals surface area contributed by atoms with Crippen LogP contribution in [-0.4, -0.2) is 54.9 Å². The van der Waals surface area contributed by atoms with Crippen LogP contribution in [0, 0.1) is 5.82 Å². The van der Waals surface area contributed by atoms with Crippen molar-refractivity contribution in [2.24, 2.45) is 0 Å². The molecule has 0 aliphatic carbocycles. The Morgan fingerprint density at radius 2 is 1.97 bits per heavy atom. The number of morpholine rings is 1. The molecule has 156 valence electrons. The molecule has 11 heteroatoms. The van der Waals surface area contributed by atoms with Gasteiger partial charge in [-0.2, -0.15) is 4.31 Å². The average molecular weight is 449 g/mol. The van der Waals surface area contributed by atoms with Gasteiger partial charge in [-0.25, -0.2) is 17.8 Å². The van der Waals surface area contributed by atoms with E-state index in [0.29, 0.717) is 11.4 Å². The van der Waals surface area contributed by atoms with Crippen LogP contribution in [0.1, 0.15) is 10.4 Å². The highest BCUT2D eigenvalue weighted by atomic mass is 32.2. The summed E-state index contributed by atoms with van der Waals surface area (Å²) in [7, 11) is -3.85. The fourth-order valence-electron chi connectivity index (χ4n) is 2.90. The second-order valence-electron chi connectivity index (χ2n) is 6.37. The summed E-state index contributed by atoms with van der Waals surface area (Å²) in [5.41, 5.74) is 0.831. The predicted octanol–water partition coefficient (Wildman–Crippen LogP) is 2.62. The first-order valence-corrected chi connectivity index (χ1v) is 11.3. The van der Waals surface area contributed by atoms with Crippen LogP contribution in [0.2, 0.25) is 0 Å². The van der Waals surface area contributed by atoms with E-state index in [4.69, 9.17) is 4.74 Å². The van der Waals surface area contributed by atoms with Crippen molar-refractivity contribution in [1.82, 2.24) is 14.3 Å². The summed E-state index contributed by atoms with van der Waals surface area (Å²) in [5, 5.41) is 4.49. The van der Waals surface area contributed by atoms with Crippen molar-refractivity contribution in [2.75, 3.05) is 31.6 Å². The minimum Gasteiger partial charge on any atom is -0.379 e. The third-order valence-electron chi connectivity index (χ3n) is 4.44. The SMILES string of the molecule is O=C(Nc1nc(-c2ccccn2)cs1)c1cc(S(=O)(=O)N2CCOCC2)ccc1F. The van der Waals surface area contributed by atoms with Crippen molar-refractivity contribution in [3.8, 4) is 11.4 Å². The lowest BCUT2D eigenvalue weighted by molar-refractivity contribution is 0.0730. The molecule has 0 bridgehead atoms. The number of hydrogen-bond donors (Lipinski definition) is 1. The lowest BCUT2D eigenvalue weighted by Gasteiger charge is -2.26. The second kappa shape index (κ2) is 8.56. The normalized spacial score (nSPS) is 15.1. The minimum absolute atomic E-state index is 0.149. The number of pyridine rings is 1. The molecule has 4 rings (SSSR count). The summed E-state index contributed by atoms with van der Waals surface area (Å²) in [5.74, 6) is -1.61. The summed E-state index contributed by atoms with van der Waals surface area (Å²) in [4.78, 5) is 20.9. The Labute approximate surface area is 176 Å². The van der Waals surface area contributed by atoms with Crippen molar-refractivity contribution >= 4 is 32.4 Å². The summed E-state index contributed by atoms with van der Waals surface area (Å²) < 4.78 is 46.3. The highest BCUT2D eigenvalue weighted by Crippen LogP contribution is 2.25. The van der Waals surface area contributed by atoms with E-state index >= 15 is 0 Å². The van der Waals surface area contributed by atoms with E-state index in [-0.39, 0.29) is 41.9 Å². The summed E-state index contributed by atoms with van der Waals surface area (Å²) >= 11 is 1.16. The van der Waals surface area contributed by atoms with Gasteiger partial charge >= 0.3 is 0 Å². The second-order valence-corrected chi connectivity index (χ2v) is 9.16. The number of hydrogen-bond acceptors (Lipinski definition) is 7. The molecular weight excluding hydrogens is 431 g/mol. The molecule has 1 amide bonds. The zero-order valence-corrected chi connectivity index (χ0v) is 17.2. The number of sulfonamides is 1. The highest BCUT2D eigenvalue weighted by Gasteiger charge is 2.28. The van der Waals surface area contributed by atoms with Crippen molar-refractivity contribution in [1.29, 1.82) is 0 Å². The Balaban J connectivity index is 1.56. The third-order valence-corrected chi connectivity index (χ3v) is 7.09. The molecule has 1 N–H and O–H groups in total. The van der Waals surface area contributed by atoms with Gasteiger partial charge in [-0.1, -0.05) is 6.07 Å². The summed E-state index contributed by atoms with van der Waals surface area (Å²) in [6.45, 7) is 0.986. The molecule has 3 heterocycles. The number of carbonyl (C=O) groups is 1. The monoisotopic (exact) mass is 448 g/mol. The van der Waals surface area contributed by atoms with Crippen LogP contribution in [-0.2, 0) is 14.8 Å². The topological polar surface area (TPSA) is 101 Å². The number of nitrogens with one attached hydrogen (secondary N) is 1. The molecule has 0 radical (unpaired) electrons. The third kappa shape index (κ3) is 4.24. The molecule has 0 atom stereocenters. The molecule has 8 nitrogen and oxygen atoms in total. The van der Waals surface area contributed by atoms with E-state index in [1.807, 2.05) is 6.07 Å². The Bertz CT molecular complexity index is 1160. The van der Waals surface area contributed by atoms with E-state index in [2.05, 4.69) is 15.3 Å². The van der Waals surface area contributed by atoms with Gasteiger partial charge in [0.1, 0.15) is 11.5 Å². The number of amides is 1. The van der Waals surface area contributed by atoms with Gasteiger partial charge in [0.05, 0.1) is 29.4 Å². The number of nitrogens with zero attached hydrogens (tertiary/aromatic N) is 3. The van der Waals surface area contributed by atoms with Crippen molar-refractivity contribution in [3.05, 3.63) is 59.4 Å². The highest BCUT2D eigenvalue weighted by molar-refractivity contribution is 7.89. The molecule has 30 heavy (non-hydrogen) atoms. The Hall–Kier alpha value is -2.73. The molecule has 1 fully saturated rings. The maximum atomic E-state index is 14.3. The molecule has 0 spiro atoms. The van der Waals surface area contributed by atoms with E-state index < -0.39 is 21.7 Å². The fraction of sp³-hybridized carbons (Fsp3) is 0.211. The van der Waals surface area contributed by atoms with Crippen molar-refractivity contribution in [2.45, 2.75) is 4.90 Å². The van der Waals surface area contributed by atoms with Crippen LogP contribution < -0.4 is 5.32 Å². The van der Waals surface area contributed by atoms with Crippen LogP contribution >= 0.6 is 11.3 Å². The van der Waals surface area contributed by atoms with Crippen LogP contribution in [0.15, 0.2) is 52.9 Å². The van der Waals surface area contributed by atoms with Gasteiger partial charge in [0.15, 0.2) is 5.13 Å². The zero-order valence-electron chi connectivity index (χ0n) is 15.6. The van der Waals surface area contributed by atoms with Gasteiger partial charge in [-0.05, 0) is 30.3 Å². The molecule has 0 unspecified atom stereocenters. The number of ether oxygens (including phenoxy) is 1. The molecule has 2 aromatic heterocycles. The summed E-state index contributed by atoms with van der Waals surface area (Å²) in [6, 6.07) is 8.54. The molecule has 1 saturated heterocycles. The van der Waals surface area contributed by atoms with E-state index in [1.54, 1.807) is 23.7 Å². The number of aromatic nitrogens is 2. The van der Waals surface area contributed by atoms with Gasteiger partial charge in [0.25, 0.3) is 5.91 Å². The smallest absolute Gasteiger partial charge is 0.260 e. The Morgan fingerprint density at radius 1 is 1.17 bits per heavy atom. The Kier molecular flexibility index (Phi) is 5.86. The predicted molar refractivity (Wildman–Crippen MR) is 109 cm³/mol. The lowest BCUT2D eigenvalue weighted by Crippen LogP contribution is -2.40. The van der Waals surface area contributed by atoms with Crippen molar-refractivity contribution < 1.29 is 22.3 Å². The Morgan fingerprint density at radius 3 is 2.70 bits per heavy atom. The first-order valence-electron chi connectivity index (χ1n) is 9.01. The average Bonchev–Trinajstić information content (AvgIpc) is 3.23. The van der Waals surface area contributed by atoms with E-state index in [1.165, 1.54) is 4.31 Å². The molecule has 3 aromatic rings. The number of benzene rings is 1.